The van der Waals surface area contributed by atoms with Crippen molar-refractivity contribution in [3.63, 3.8) is 0 Å². The highest BCUT2D eigenvalue weighted by Gasteiger charge is 2.15. The molecule has 0 aliphatic carbocycles. The molecule has 0 saturated heterocycles. The van der Waals surface area contributed by atoms with E-state index in [4.69, 9.17) is 0 Å². The van der Waals surface area contributed by atoms with Gasteiger partial charge < -0.3 is 9.47 Å². The van der Waals surface area contributed by atoms with E-state index in [9.17, 15) is 0 Å². The fourth-order valence-corrected chi connectivity index (χ4v) is 2.26. The number of aryl methyl sites for hydroxylation is 1. The number of hydrogen-bond donors (Lipinski definition) is 0. The molecule has 0 aliphatic heterocycles. The van der Waals surface area contributed by atoms with Crippen molar-refractivity contribution in [2.24, 2.45) is 0 Å². The Labute approximate surface area is 116 Å². The molecule has 2 aromatic rings. The standard InChI is InChI=1S/C16H25N3/c1-16(2,3)13-7-8-14-15(11-13)19(12-17-14)10-6-9-18(4)5/h7-8,11-12H,6,9-10H2,1-5H3. The smallest absolute Gasteiger partial charge is 0.0958 e. The van der Waals surface area contributed by atoms with Crippen LogP contribution in [0.25, 0.3) is 11.0 Å². The van der Waals surface area contributed by atoms with E-state index in [0.717, 1.165) is 25.0 Å². The quantitative estimate of drug-likeness (QED) is 0.840. The Morgan fingerprint density at radius 1 is 1.21 bits per heavy atom. The van der Waals surface area contributed by atoms with E-state index in [1.807, 2.05) is 6.33 Å². The Balaban J connectivity index is 2.25. The van der Waals surface area contributed by atoms with Crippen LogP contribution in [0.5, 0.6) is 0 Å². The van der Waals surface area contributed by atoms with Crippen LogP contribution >= 0.6 is 0 Å². The minimum absolute atomic E-state index is 0.187. The molecule has 0 amide bonds. The average Bonchev–Trinajstić information content (AvgIpc) is 2.70. The maximum absolute atomic E-state index is 4.49. The van der Waals surface area contributed by atoms with Gasteiger partial charge in [0.1, 0.15) is 0 Å². The highest BCUT2D eigenvalue weighted by Crippen LogP contribution is 2.25. The molecule has 2 rings (SSSR count). The number of imidazole rings is 1. The van der Waals surface area contributed by atoms with Gasteiger partial charge >= 0.3 is 0 Å². The number of rotatable bonds is 4. The highest BCUT2D eigenvalue weighted by molar-refractivity contribution is 5.76. The second kappa shape index (κ2) is 5.33. The number of aromatic nitrogens is 2. The van der Waals surface area contributed by atoms with Crippen molar-refractivity contribution in [1.29, 1.82) is 0 Å². The van der Waals surface area contributed by atoms with Crippen molar-refractivity contribution in [2.75, 3.05) is 20.6 Å². The summed E-state index contributed by atoms with van der Waals surface area (Å²) in [5, 5.41) is 0. The fraction of sp³-hybridized carbons (Fsp3) is 0.562. The number of hydrogen-bond acceptors (Lipinski definition) is 2. The third-order valence-corrected chi connectivity index (χ3v) is 3.49. The zero-order chi connectivity index (χ0) is 14.0. The van der Waals surface area contributed by atoms with Crippen LogP contribution in [0.15, 0.2) is 24.5 Å². The Morgan fingerprint density at radius 2 is 1.95 bits per heavy atom. The molecule has 104 valence electrons. The average molecular weight is 259 g/mol. The van der Waals surface area contributed by atoms with E-state index >= 15 is 0 Å². The maximum Gasteiger partial charge on any atom is 0.0958 e. The van der Waals surface area contributed by atoms with Crippen molar-refractivity contribution in [3.8, 4) is 0 Å². The van der Waals surface area contributed by atoms with Crippen LogP contribution in [0.2, 0.25) is 0 Å². The molecule has 0 saturated carbocycles. The van der Waals surface area contributed by atoms with Gasteiger partial charge in [-0.15, -0.1) is 0 Å². The first-order valence-corrected chi connectivity index (χ1v) is 6.98. The van der Waals surface area contributed by atoms with E-state index in [1.165, 1.54) is 11.1 Å². The van der Waals surface area contributed by atoms with Gasteiger partial charge in [0.15, 0.2) is 0 Å². The summed E-state index contributed by atoms with van der Waals surface area (Å²) < 4.78 is 2.27. The molecule has 0 aliphatic rings. The van der Waals surface area contributed by atoms with Gasteiger partial charge in [-0.3, -0.25) is 0 Å². The molecule has 0 fully saturated rings. The molecular formula is C16H25N3. The number of benzene rings is 1. The van der Waals surface area contributed by atoms with Crippen molar-refractivity contribution >= 4 is 11.0 Å². The lowest BCUT2D eigenvalue weighted by Gasteiger charge is -2.19. The molecule has 1 aromatic carbocycles. The summed E-state index contributed by atoms with van der Waals surface area (Å²) >= 11 is 0. The molecule has 0 N–H and O–H groups in total. The number of nitrogens with zero attached hydrogens (tertiary/aromatic N) is 3. The molecule has 0 radical (unpaired) electrons. The summed E-state index contributed by atoms with van der Waals surface area (Å²) in [6, 6.07) is 6.62. The van der Waals surface area contributed by atoms with Gasteiger partial charge in [-0.1, -0.05) is 26.8 Å². The summed E-state index contributed by atoms with van der Waals surface area (Å²) in [4.78, 5) is 6.71. The Bertz CT molecular complexity index is 547. The van der Waals surface area contributed by atoms with Gasteiger partial charge in [0.2, 0.25) is 0 Å². The molecular weight excluding hydrogens is 234 g/mol. The number of fused-ring (bicyclic) bond motifs is 1. The van der Waals surface area contributed by atoms with Crippen LogP contribution in [0.4, 0.5) is 0 Å². The normalized spacial score (nSPS) is 12.5. The maximum atomic E-state index is 4.49. The molecule has 3 nitrogen and oxygen atoms in total. The van der Waals surface area contributed by atoms with Gasteiger partial charge in [-0.05, 0) is 50.2 Å². The molecule has 1 heterocycles. The largest absolute Gasteiger partial charge is 0.331 e. The summed E-state index contributed by atoms with van der Waals surface area (Å²) in [7, 11) is 4.23. The van der Waals surface area contributed by atoms with Gasteiger partial charge in [-0.25, -0.2) is 4.98 Å². The fourth-order valence-electron chi connectivity index (χ4n) is 2.26. The molecule has 3 heteroatoms. The van der Waals surface area contributed by atoms with Crippen LogP contribution in [0.1, 0.15) is 32.8 Å². The van der Waals surface area contributed by atoms with Gasteiger partial charge in [0.25, 0.3) is 0 Å². The first-order chi connectivity index (χ1) is 8.88. The van der Waals surface area contributed by atoms with Crippen molar-refractivity contribution in [1.82, 2.24) is 14.5 Å². The molecule has 0 bridgehead atoms. The lowest BCUT2D eigenvalue weighted by molar-refractivity contribution is 0.387. The minimum atomic E-state index is 0.187. The molecule has 0 spiro atoms. The lowest BCUT2D eigenvalue weighted by atomic mass is 9.87. The van der Waals surface area contributed by atoms with Crippen molar-refractivity contribution in [2.45, 2.75) is 39.2 Å². The van der Waals surface area contributed by atoms with Gasteiger partial charge in [-0.2, -0.15) is 0 Å². The summed E-state index contributed by atoms with van der Waals surface area (Å²) in [5.74, 6) is 0. The zero-order valence-electron chi connectivity index (χ0n) is 12.8. The van der Waals surface area contributed by atoms with E-state index in [1.54, 1.807) is 0 Å². The topological polar surface area (TPSA) is 21.1 Å². The summed E-state index contributed by atoms with van der Waals surface area (Å²) in [5.41, 5.74) is 3.91. The monoisotopic (exact) mass is 259 g/mol. The first-order valence-electron chi connectivity index (χ1n) is 6.98. The Hall–Kier alpha value is -1.35. The highest BCUT2D eigenvalue weighted by atomic mass is 15.1. The summed E-state index contributed by atoms with van der Waals surface area (Å²) in [6.45, 7) is 8.89. The van der Waals surface area contributed by atoms with Crippen molar-refractivity contribution in [3.05, 3.63) is 30.1 Å². The lowest BCUT2D eigenvalue weighted by Crippen LogP contribution is -2.15. The van der Waals surface area contributed by atoms with E-state index in [-0.39, 0.29) is 5.41 Å². The first kappa shape index (κ1) is 14.1. The van der Waals surface area contributed by atoms with E-state index in [2.05, 4.69) is 67.5 Å². The summed E-state index contributed by atoms with van der Waals surface area (Å²) in [6.07, 6.45) is 3.12. The second-order valence-electron chi connectivity index (χ2n) is 6.55. The molecule has 1 aromatic heterocycles. The van der Waals surface area contributed by atoms with Crippen LogP contribution in [-0.4, -0.2) is 35.1 Å². The molecule has 0 atom stereocenters. The SMILES string of the molecule is CN(C)CCCn1cnc2ccc(C(C)(C)C)cc21. The second-order valence-corrected chi connectivity index (χ2v) is 6.55. The van der Waals surface area contributed by atoms with Crippen LogP contribution in [0, 0.1) is 0 Å². The Morgan fingerprint density at radius 3 is 2.58 bits per heavy atom. The van der Waals surface area contributed by atoms with Gasteiger partial charge in [0, 0.05) is 6.54 Å². The van der Waals surface area contributed by atoms with Crippen LogP contribution in [0.3, 0.4) is 0 Å². The predicted molar refractivity (Wildman–Crippen MR) is 81.6 cm³/mol. The minimum Gasteiger partial charge on any atom is -0.331 e. The molecule has 0 unspecified atom stereocenters. The van der Waals surface area contributed by atoms with E-state index in [0.29, 0.717) is 0 Å². The molecule has 19 heavy (non-hydrogen) atoms. The van der Waals surface area contributed by atoms with Gasteiger partial charge in [0.05, 0.1) is 17.4 Å². The third kappa shape index (κ3) is 3.35. The zero-order valence-corrected chi connectivity index (χ0v) is 12.8. The predicted octanol–water partition coefficient (Wildman–Crippen LogP) is 3.29. The van der Waals surface area contributed by atoms with E-state index < -0.39 is 0 Å². The third-order valence-electron chi connectivity index (χ3n) is 3.49. The Kier molecular flexibility index (Phi) is 3.95. The van der Waals surface area contributed by atoms with Crippen molar-refractivity contribution < 1.29 is 0 Å². The van der Waals surface area contributed by atoms with Crippen LogP contribution in [-0.2, 0) is 12.0 Å². The van der Waals surface area contributed by atoms with Crippen LogP contribution < -0.4 is 0 Å².